The summed E-state index contributed by atoms with van der Waals surface area (Å²) in [6.07, 6.45) is 0.872. The first-order valence-corrected chi connectivity index (χ1v) is 8.70. The van der Waals surface area contributed by atoms with Crippen molar-refractivity contribution in [2.45, 2.75) is 13.3 Å². The Morgan fingerprint density at radius 3 is 2.59 bits per heavy atom. The predicted octanol–water partition coefficient (Wildman–Crippen LogP) is 2.23. The molecule has 0 bridgehead atoms. The van der Waals surface area contributed by atoms with E-state index in [9.17, 15) is 4.79 Å². The molecule has 0 radical (unpaired) electrons. The number of hydrogen-bond acceptors (Lipinski definition) is 7. The number of carbonyl (C=O) groups excluding carboxylic acids is 1. The maximum Gasteiger partial charge on any atom is 0.270 e. The minimum absolute atomic E-state index is 0.219. The van der Waals surface area contributed by atoms with E-state index in [0.717, 1.165) is 13.0 Å². The normalized spacial score (nSPS) is 10.6. The predicted molar refractivity (Wildman–Crippen MR) is 105 cm³/mol. The van der Waals surface area contributed by atoms with E-state index in [1.807, 2.05) is 27.1 Å². The van der Waals surface area contributed by atoms with Gasteiger partial charge in [-0.25, -0.2) is 9.97 Å². The Morgan fingerprint density at radius 2 is 1.93 bits per heavy atom. The number of ether oxygens (including phenoxy) is 2. The maximum absolute atomic E-state index is 12.4. The summed E-state index contributed by atoms with van der Waals surface area (Å²) >= 11 is 0. The molecule has 8 heteroatoms. The molecule has 146 valence electrons. The summed E-state index contributed by atoms with van der Waals surface area (Å²) < 4.78 is 10.6. The second-order valence-electron chi connectivity index (χ2n) is 6.32. The molecule has 2 N–H and O–H groups in total. The van der Waals surface area contributed by atoms with E-state index in [0.29, 0.717) is 41.1 Å². The van der Waals surface area contributed by atoms with Crippen LogP contribution < -0.4 is 20.1 Å². The zero-order chi connectivity index (χ0) is 19.8. The first-order chi connectivity index (χ1) is 12.9. The summed E-state index contributed by atoms with van der Waals surface area (Å²) in [7, 11) is 7.17. The van der Waals surface area contributed by atoms with Crippen LogP contribution in [0, 0.1) is 6.92 Å². The molecule has 0 aliphatic rings. The molecule has 1 aromatic heterocycles. The number of benzene rings is 1. The van der Waals surface area contributed by atoms with Crippen LogP contribution in [0.1, 0.15) is 22.6 Å². The monoisotopic (exact) mass is 373 g/mol. The number of hydrogen-bond donors (Lipinski definition) is 2. The van der Waals surface area contributed by atoms with Crippen molar-refractivity contribution in [2.75, 3.05) is 46.7 Å². The van der Waals surface area contributed by atoms with E-state index < -0.39 is 0 Å². The highest BCUT2D eigenvalue weighted by Gasteiger charge is 2.12. The number of methoxy groups -OCH3 is 2. The van der Waals surface area contributed by atoms with Gasteiger partial charge in [0.05, 0.1) is 19.9 Å². The summed E-state index contributed by atoms with van der Waals surface area (Å²) in [6, 6.07) is 7.04. The smallest absolute Gasteiger partial charge is 0.270 e. The number of aromatic nitrogens is 2. The van der Waals surface area contributed by atoms with Crippen LogP contribution in [0.2, 0.25) is 0 Å². The summed E-state index contributed by atoms with van der Waals surface area (Å²) in [6.45, 7) is 3.32. The molecule has 2 aromatic rings. The Balaban J connectivity index is 2.12. The Labute approximate surface area is 159 Å². The quantitative estimate of drug-likeness (QED) is 0.652. The molecule has 0 spiro atoms. The Hall–Kier alpha value is -2.87. The highest BCUT2D eigenvalue weighted by atomic mass is 16.5. The Morgan fingerprint density at radius 1 is 1.15 bits per heavy atom. The van der Waals surface area contributed by atoms with E-state index in [1.165, 1.54) is 0 Å². The molecule has 0 unspecified atom stereocenters. The van der Waals surface area contributed by atoms with Crippen molar-refractivity contribution >= 4 is 17.5 Å². The fourth-order valence-corrected chi connectivity index (χ4v) is 2.45. The lowest BCUT2D eigenvalue weighted by Gasteiger charge is -2.13. The van der Waals surface area contributed by atoms with E-state index in [4.69, 9.17) is 9.47 Å². The summed E-state index contributed by atoms with van der Waals surface area (Å²) in [5.41, 5.74) is 1.70. The van der Waals surface area contributed by atoms with Crippen LogP contribution >= 0.6 is 0 Å². The first-order valence-electron chi connectivity index (χ1n) is 8.70. The first kappa shape index (κ1) is 20.4. The van der Waals surface area contributed by atoms with Gasteiger partial charge in [-0.05, 0) is 52.2 Å². The van der Waals surface area contributed by atoms with Crippen molar-refractivity contribution < 1.29 is 14.3 Å². The highest BCUT2D eigenvalue weighted by molar-refractivity contribution is 5.92. The number of anilines is 2. The lowest BCUT2D eigenvalue weighted by atomic mass is 10.2. The van der Waals surface area contributed by atoms with Gasteiger partial charge in [-0.2, -0.15) is 0 Å². The summed E-state index contributed by atoms with van der Waals surface area (Å²) in [4.78, 5) is 23.1. The van der Waals surface area contributed by atoms with Crippen molar-refractivity contribution in [1.82, 2.24) is 20.2 Å². The molecule has 1 heterocycles. The molecule has 0 atom stereocenters. The number of amides is 1. The van der Waals surface area contributed by atoms with Crippen LogP contribution in [-0.2, 0) is 0 Å². The Bertz CT molecular complexity index is 780. The van der Waals surface area contributed by atoms with Gasteiger partial charge < -0.3 is 25.0 Å². The number of carbonyl (C=O) groups is 1. The van der Waals surface area contributed by atoms with Crippen molar-refractivity contribution in [3.63, 3.8) is 0 Å². The van der Waals surface area contributed by atoms with Crippen molar-refractivity contribution in [3.8, 4) is 11.5 Å². The zero-order valence-electron chi connectivity index (χ0n) is 16.5. The van der Waals surface area contributed by atoms with Gasteiger partial charge in [-0.1, -0.05) is 0 Å². The van der Waals surface area contributed by atoms with Gasteiger partial charge in [0.1, 0.15) is 17.2 Å². The largest absolute Gasteiger partial charge is 0.497 e. The average Bonchev–Trinajstić information content (AvgIpc) is 2.64. The van der Waals surface area contributed by atoms with Crippen LogP contribution in [-0.4, -0.2) is 62.2 Å². The van der Waals surface area contributed by atoms with Gasteiger partial charge in [0.15, 0.2) is 0 Å². The molecule has 1 amide bonds. The fourth-order valence-electron chi connectivity index (χ4n) is 2.45. The third kappa shape index (κ3) is 6.10. The fraction of sp³-hybridized carbons (Fsp3) is 0.421. The molecule has 1 aromatic carbocycles. The second-order valence-corrected chi connectivity index (χ2v) is 6.32. The minimum atomic E-state index is -0.219. The molecule has 8 nitrogen and oxygen atoms in total. The summed E-state index contributed by atoms with van der Waals surface area (Å²) in [5, 5.41) is 5.99. The van der Waals surface area contributed by atoms with Gasteiger partial charge in [0.25, 0.3) is 5.91 Å². The number of nitrogens with zero attached hydrogens (tertiary/aromatic N) is 3. The van der Waals surface area contributed by atoms with Crippen LogP contribution in [0.3, 0.4) is 0 Å². The molecular weight excluding hydrogens is 346 g/mol. The van der Waals surface area contributed by atoms with Gasteiger partial charge in [0.2, 0.25) is 5.95 Å². The van der Waals surface area contributed by atoms with Crippen LogP contribution in [0.5, 0.6) is 11.5 Å². The average molecular weight is 373 g/mol. The number of rotatable bonds is 9. The van der Waals surface area contributed by atoms with Gasteiger partial charge in [0, 0.05) is 18.3 Å². The van der Waals surface area contributed by atoms with E-state index in [-0.39, 0.29) is 5.91 Å². The second kappa shape index (κ2) is 9.72. The van der Waals surface area contributed by atoms with E-state index in [2.05, 4.69) is 25.5 Å². The number of nitrogens with one attached hydrogen (secondary N) is 2. The third-order valence-corrected chi connectivity index (χ3v) is 3.81. The van der Waals surface area contributed by atoms with Crippen LogP contribution in [0.15, 0.2) is 24.3 Å². The molecule has 0 fully saturated rings. The number of aryl methyl sites for hydroxylation is 1. The van der Waals surface area contributed by atoms with E-state index >= 15 is 0 Å². The molecule has 2 rings (SSSR count). The summed E-state index contributed by atoms with van der Waals surface area (Å²) in [5.74, 6) is 1.38. The maximum atomic E-state index is 12.4. The van der Waals surface area contributed by atoms with E-state index in [1.54, 1.807) is 32.4 Å². The lowest BCUT2D eigenvalue weighted by Crippen LogP contribution is -2.28. The highest BCUT2D eigenvalue weighted by Crippen LogP contribution is 2.30. The van der Waals surface area contributed by atoms with Crippen molar-refractivity contribution in [3.05, 3.63) is 35.7 Å². The van der Waals surface area contributed by atoms with Crippen molar-refractivity contribution in [2.24, 2.45) is 0 Å². The standard InChI is InChI=1S/C19H27N5O3/c1-13-11-16(18(25)20-9-6-10-24(2)3)23-19(21-13)22-15-8-7-14(26-4)12-17(15)27-5/h7-8,11-12H,6,9-10H2,1-5H3,(H,20,25)(H,21,22,23). The molecule has 0 saturated carbocycles. The molecule has 0 saturated heterocycles. The lowest BCUT2D eigenvalue weighted by molar-refractivity contribution is 0.0947. The molecule has 0 aliphatic heterocycles. The van der Waals surface area contributed by atoms with Gasteiger partial charge >= 0.3 is 0 Å². The van der Waals surface area contributed by atoms with Gasteiger partial charge in [-0.15, -0.1) is 0 Å². The zero-order valence-corrected chi connectivity index (χ0v) is 16.5. The Kier molecular flexibility index (Phi) is 7.36. The van der Waals surface area contributed by atoms with Crippen LogP contribution in [0.25, 0.3) is 0 Å². The van der Waals surface area contributed by atoms with Crippen LogP contribution in [0.4, 0.5) is 11.6 Å². The molecular formula is C19H27N5O3. The third-order valence-electron chi connectivity index (χ3n) is 3.81. The van der Waals surface area contributed by atoms with Crippen molar-refractivity contribution in [1.29, 1.82) is 0 Å². The van der Waals surface area contributed by atoms with Gasteiger partial charge in [-0.3, -0.25) is 4.79 Å². The molecule has 27 heavy (non-hydrogen) atoms. The SMILES string of the molecule is COc1ccc(Nc2nc(C)cc(C(=O)NCCCN(C)C)n2)c(OC)c1. The minimum Gasteiger partial charge on any atom is -0.497 e. The topological polar surface area (TPSA) is 88.6 Å². The molecule has 0 aliphatic carbocycles.